The van der Waals surface area contributed by atoms with Crippen LogP contribution in [0, 0.1) is 0 Å². The van der Waals surface area contributed by atoms with E-state index in [2.05, 4.69) is 17.2 Å². The van der Waals surface area contributed by atoms with Gasteiger partial charge in [0.15, 0.2) is 0 Å². The lowest BCUT2D eigenvalue weighted by molar-refractivity contribution is -0.159. The average Bonchev–Trinajstić information content (AvgIpc) is 2.30. The number of aromatic nitrogens is 1. The van der Waals surface area contributed by atoms with Crippen LogP contribution in [0.3, 0.4) is 0 Å². The lowest BCUT2D eigenvalue weighted by Crippen LogP contribution is -2.11. The van der Waals surface area contributed by atoms with Gasteiger partial charge in [-0.3, -0.25) is 4.98 Å². The van der Waals surface area contributed by atoms with Crippen molar-refractivity contribution >= 4 is 11.9 Å². The van der Waals surface area contributed by atoms with Crippen LogP contribution in [0.15, 0.2) is 24.5 Å². The molecule has 1 atom stereocenters. The highest BCUT2D eigenvalue weighted by atomic mass is 16.4. The summed E-state index contributed by atoms with van der Waals surface area (Å²) in [6, 6.07) is 4.45. The molecule has 0 spiro atoms. The molecule has 16 heavy (non-hydrogen) atoms. The fourth-order valence-electron chi connectivity index (χ4n) is 0.819. The van der Waals surface area contributed by atoms with Crippen LogP contribution >= 0.6 is 0 Å². The normalized spacial score (nSPS) is 10.9. The third kappa shape index (κ3) is 5.71. The van der Waals surface area contributed by atoms with E-state index in [4.69, 9.17) is 19.8 Å². The molecule has 0 saturated heterocycles. The Labute approximate surface area is 92.9 Å². The predicted molar refractivity (Wildman–Crippen MR) is 57.0 cm³/mol. The minimum absolute atomic E-state index is 0.419. The number of hydrogen-bond donors (Lipinski definition) is 3. The van der Waals surface area contributed by atoms with Gasteiger partial charge >= 0.3 is 11.9 Å². The summed E-state index contributed by atoms with van der Waals surface area (Å²) < 4.78 is 0. The van der Waals surface area contributed by atoms with Crippen molar-refractivity contribution in [3.05, 3.63) is 30.1 Å². The fraction of sp³-hybridized carbons (Fsp3) is 0.300. The molecular formula is C10H14N2O4. The van der Waals surface area contributed by atoms with Crippen molar-refractivity contribution in [2.45, 2.75) is 13.0 Å². The molecular weight excluding hydrogens is 212 g/mol. The van der Waals surface area contributed by atoms with Crippen LogP contribution in [0.4, 0.5) is 0 Å². The monoisotopic (exact) mass is 226 g/mol. The molecule has 0 saturated carbocycles. The molecule has 1 aromatic rings. The Morgan fingerprint density at radius 1 is 1.25 bits per heavy atom. The third-order valence-corrected chi connectivity index (χ3v) is 1.82. The summed E-state index contributed by atoms with van der Waals surface area (Å²) in [6.45, 7) is 2.12. The van der Waals surface area contributed by atoms with Gasteiger partial charge < -0.3 is 15.5 Å². The minimum atomic E-state index is -1.82. The smallest absolute Gasteiger partial charge is 0.414 e. The number of pyridine rings is 1. The predicted octanol–water partition coefficient (Wildman–Crippen LogP) is 0.518. The molecule has 0 radical (unpaired) electrons. The molecule has 0 fully saturated rings. The zero-order chi connectivity index (χ0) is 12.6. The van der Waals surface area contributed by atoms with Gasteiger partial charge in [-0.15, -0.1) is 0 Å². The molecule has 0 aliphatic carbocycles. The molecule has 0 aliphatic rings. The van der Waals surface area contributed by atoms with Crippen LogP contribution in [0.25, 0.3) is 0 Å². The second kappa shape index (κ2) is 7.36. The lowest BCUT2D eigenvalue weighted by atomic mass is 10.1. The number of rotatable bonds is 2. The van der Waals surface area contributed by atoms with Crippen molar-refractivity contribution in [2.75, 3.05) is 7.05 Å². The zero-order valence-electron chi connectivity index (χ0n) is 9.04. The molecule has 0 aromatic carbocycles. The number of hydrogen-bond acceptors (Lipinski definition) is 4. The largest absolute Gasteiger partial charge is 0.473 e. The summed E-state index contributed by atoms with van der Waals surface area (Å²) in [5.41, 5.74) is 1.28. The molecule has 88 valence electrons. The van der Waals surface area contributed by atoms with Crippen molar-refractivity contribution < 1.29 is 19.8 Å². The van der Waals surface area contributed by atoms with Gasteiger partial charge in [0.25, 0.3) is 0 Å². The summed E-state index contributed by atoms with van der Waals surface area (Å²) in [4.78, 5) is 22.1. The molecule has 1 aromatic heterocycles. The molecule has 0 bridgehead atoms. The quantitative estimate of drug-likeness (QED) is 0.636. The van der Waals surface area contributed by atoms with E-state index < -0.39 is 11.9 Å². The van der Waals surface area contributed by atoms with Crippen molar-refractivity contribution in [3.63, 3.8) is 0 Å². The number of carboxylic acid groups (broad SMARTS) is 2. The Kier molecular flexibility index (Phi) is 6.46. The highest BCUT2D eigenvalue weighted by Gasteiger charge is 2.04. The van der Waals surface area contributed by atoms with Crippen molar-refractivity contribution in [2.24, 2.45) is 0 Å². The van der Waals surface area contributed by atoms with E-state index in [0.717, 1.165) is 0 Å². The maximum Gasteiger partial charge on any atom is 0.414 e. The first kappa shape index (κ1) is 14.1. The second-order valence-electron chi connectivity index (χ2n) is 2.90. The molecule has 1 heterocycles. The molecule has 6 nitrogen and oxygen atoms in total. The zero-order valence-corrected chi connectivity index (χ0v) is 9.04. The topological polar surface area (TPSA) is 99.5 Å². The Morgan fingerprint density at radius 2 is 1.69 bits per heavy atom. The van der Waals surface area contributed by atoms with Crippen molar-refractivity contribution in [1.29, 1.82) is 0 Å². The summed E-state index contributed by atoms with van der Waals surface area (Å²) in [5.74, 6) is -3.65. The molecule has 1 unspecified atom stereocenters. The summed E-state index contributed by atoms with van der Waals surface area (Å²) in [5, 5.41) is 17.9. The first-order valence-corrected chi connectivity index (χ1v) is 4.52. The third-order valence-electron chi connectivity index (χ3n) is 1.82. The average molecular weight is 226 g/mol. The Bertz CT molecular complexity index is 328. The van der Waals surface area contributed by atoms with E-state index in [1.54, 1.807) is 0 Å². The summed E-state index contributed by atoms with van der Waals surface area (Å²) >= 11 is 0. The maximum absolute atomic E-state index is 9.10. The molecule has 0 aliphatic heterocycles. The lowest BCUT2D eigenvalue weighted by Gasteiger charge is -2.08. The van der Waals surface area contributed by atoms with E-state index in [0.29, 0.717) is 6.04 Å². The van der Waals surface area contributed by atoms with Crippen molar-refractivity contribution in [1.82, 2.24) is 10.3 Å². The van der Waals surface area contributed by atoms with Crippen LogP contribution in [0.1, 0.15) is 18.5 Å². The summed E-state index contributed by atoms with van der Waals surface area (Å²) in [6.07, 6.45) is 3.62. The van der Waals surface area contributed by atoms with Gasteiger partial charge in [-0.1, -0.05) is 0 Å². The van der Waals surface area contributed by atoms with Gasteiger partial charge in [-0.2, -0.15) is 0 Å². The molecule has 0 amide bonds. The molecule has 1 rings (SSSR count). The second-order valence-corrected chi connectivity index (χ2v) is 2.90. The van der Waals surface area contributed by atoms with E-state index in [1.165, 1.54) is 5.56 Å². The summed E-state index contributed by atoms with van der Waals surface area (Å²) in [7, 11) is 1.95. The van der Waals surface area contributed by atoms with Crippen LogP contribution < -0.4 is 5.32 Å². The highest BCUT2D eigenvalue weighted by molar-refractivity contribution is 6.27. The fourth-order valence-corrected chi connectivity index (χ4v) is 0.819. The van der Waals surface area contributed by atoms with Crippen LogP contribution in [-0.4, -0.2) is 34.2 Å². The van der Waals surface area contributed by atoms with E-state index >= 15 is 0 Å². The van der Waals surface area contributed by atoms with Crippen molar-refractivity contribution in [3.8, 4) is 0 Å². The van der Waals surface area contributed by atoms with Gasteiger partial charge in [0.2, 0.25) is 0 Å². The van der Waals surface area contributed by atoms with Crippen LogP contribution in [-0.2, 0) is 9.59 Å². The number of carboxylic acids is 2. The van der Waals surface area contributed by atoms with Crippen LogP contribution in [0.5, 0.6) is 0 Å². The molecule has 3 N–H and O–H groups in total. The standard InChI is InChI=1S/C8H12N2.C2H2O4/c1-7(9-2)8-3-5-10-6-4-8;3-1(4)2(5)6/h3-7,9H,1-2H3;(H,3,4)(H,5,6). The van der Waals surface area contributed by atoms with E-state index in [1.807, 2.05) is 31.6 Å². The van der Waals surface area contributed by atoms with Gasteiger partial charge in [0.1, 0.15) is 0 Å². The maximum atomic E-state index is 9.10. The SMILES string of the molecule is CNC(C)c1ccncc1.O=C(O)C(=O)O. The first-order valence-electron chi connectivity index (χ1n) is 4.52. The number of nitrogens with one attached hydrogen (secondary N) is 1. The highest BCUT2D eigenvalue weighted by Crippen LogP contribution is 2.08. The number of nitrogens with zero attached hydrogens (tertiary/aromatic N) is 1. The Morgan fingerprint density at radius 3 is 2.00 bits per heavy atom. The number of carbonyl (C=O) groups is 2. The Hall–Kier alpha value is -1.95. The van der Waals surface area contributed by atoms with Gasteiger partial charge in [0.05, 0.1) is 0 Å². The van der Waals surface area contributed by atoms with Gasteiger partial charge in [-0.05, 0) is 31.7 Å². The van der Waals surface area contributed by atoms with Crippen LogP contribution in [0.2, 0.25) is 0 Å². The minimum Gasteiger partial charge on any atom is -0.473 e. The first-order chi connectivity index (χ1) is 7.49. The Balaban J connectivity index is 0.000000325. The number of aliphatic carboxylic acids is 2. The molecule has 6 heteroatoms. The van der Waals surface area contributed by atoms with E-state index in [-0.39, 0.29) is 0 Å². The van der Waals surface area contributed by atoms with Gasteiger partial charge in [0, 0.05) is 18.4 Å². The van der Waals surface area contributed by atoms with Gasteiger partial charge in [-0.25, -0.2) is 9.59 Å². The van der Waals surface area contributed by atoms with E-state index in [9.17, 15) is 0 Å².